The van der Waals surface area contributed by atoms with Crippen LogP contribution in [0.4, 0.5) is 23.1 Å². The lowest BCUT2D eigenvalue weighted by Gasteiger charge is -2.17. The molecule has 1 fully saturated rings. The third kappa shape index (κ3) is 3.97. The Labute approximate surface area is 135 Å². The number of benzene rings is 1. The molecule has 0 radical (unpaired) electrons. The van der Waals surface area contributed by atoms with E-state index in [2.05, 4.69) is 25.5 Å². The maximum absolute atomic E-state index is 11.0. The number of carbonyl (C=O) groups is 1. The zero-order chi connectivity index (χ0) is 16.2. The van der Waals surface area contributed by atoms with Gasteiger partial charge in [-0.05, 0) is 44.0 Å². The third-order valence-corrected chi connectivity index (χ3v) is 3.71. The van der Waals surface area contributed by atoms with Gasteiger partial charge >= 0.3 is 0 Å². The van der Waals surface area contributed by atoms with Crippen LogP contribution in [-0.2, 0) is 4.79 Å². The minimum Gasteiger partial charge on any atom is -0.341 e. The van der Waals surface area contributed by atoms with Crippen molar-refractivity contribution in [2.24, 2.45) is 0 Å². The summed E-state index contributed by atoms with van der Waals surface area (Å²) in [6.45, 7) is 5.52. The fourth-order valence-corrected chi connectivity index (χ4v) is 2.66. The molecule has 0 aliphatic carbocycles. The summed E-state index contributed by atoms with van der Waals surface area (Å²) in [6, 6.07) is 9.48. The maximum atomic E-state index is 11.0. The molecule has 3 rings (SSSR count). The lowest BCUT2D eigenvalue weighted by Crippen LogP contribution is -2.21. The number of anilines is 4. The number of rotatable bonds is 4. The van der Waals surface area contributed by atoms with E-state index in [1.165, 1.54) is 19.8 Å². The smallest absolute Gasteiger partial charge is 0.227 e. The Balaban J connectivity index is 1.75. The quantitative estimate of drug-likeness (QED) is 0.908. The van der Waals surface area contributed by atoms with Gasteiger partial charge in [0.05, 0.1) is 0 Å². The van der Waals surface area contributed by atoms with Gasteiger partial charge in [-0.2, -0.15) is 4.98 Å². The van der Waals surface area contributed by atoms with Crippen molar-refractivity contribution in [1.29, 1.82) is 0 Å². The molecule has 0 spiro atoms. The normalized spacial score (nSPS) is 13.9. The highest BCUT2D eigenvalue weighted by atomic mass is 16.1. The molecule has 23 heavy (non-hydrogen) atoms. The van der Waals surface area contributed by atoms with Crippen LogP contribution in [0, 0.1) is 6.92 Å². The van der Waals surface area contributed by atoms with E-state index in [1.54, 1.807) is 0 Å². The second kappa shape index (κ2) is 6.64. The first-order valence-electron chi connectivity index (χ1n) is 7.85. The zero-order valence-corrected chi connectivity index (χ0v) is 13.5. The van der Waals surface area contributed by atoms with Crippen molar-refractivity contribution in [1.82, 2.24) is 9.97 Å². The highest BCUT2D eigenvalue weighted by Crippen LogP contribution is 2.22. The molecule has 0 bridgehead atoms. The van der Waals surface area contributed by atoms with Crippen LogP contribution in [0.25, 0.3) is 0 Å². The summed E-state index contributed by atoms with van der Waals surface area (Å²) in [4.78, 5) is 22.4. The van der Waals surface area contributed by atoms with Crippen LogP contribution in [0.15, 0.2) is 30.3 Å². The van der Waals surface area contributed by atoms with Gasteiger partial charge in [-0.3, -0.25) is 4.79 Å². The fourth-order valence-electron chi connectivity index (χ4n) is 2.66. The Kier molecular flexibility index (Phi) is 4.41. The summed E-state index contributed by atoms with van der Waals surface area (Å²) in [5.41, 5.74) is 2.64. The van der Waals surface area contributed by atoms with Crippen molar-refractivity contribution < 1.29 is 4.79 Å². The number of aryl methyl sites for hydroxylation is 1. The second-order valence-corrected chi connectivity index (χ2v) is 5.77. The molecule has 0 saturated carbocycles. The van der Waals surface area contributed by atoms with Gasteiger partial charge in [-0.25, -0.2) is 4.98 Å². The Morgan fingerprint density at radius 1 is 1.09 bits per heavy atom. The van der Waals surface area contributed by atoms with Crippen LogP contribution in [0.2, 0.25) is 0 Å². The predicted molar refractivity (Wildman–Crippen MR) is 92.2 cm³/mol. The third-order valence-electron chi connectivity index (χ3n) is 3.71. The first-order valence-corrected chi connectivity index (χ1v) is 7.85. The molecule has 1 amide bonds. The van der Waals surface area contributed by atoms with Crippen LogP contribution in [0.3, 0.4) is 0 Å². The lowest BCUT2D eigenvalue weighted by atomic mass is 10.2. The Morgan fingerprint density at radius 2 is 1.74 bits per heavy atom. The summed E-state index contributed by atoms with van der Waals surface area (Å²) in [6.07, 6.45) is 2.40. The summed E-state index contributed by atoms with van der Waals surface area (Å²) in [7, 11) is 0. The molecular formula is C17H21N5O. The van der Waals surface area contributed by atoms with Crippen LogP contribution in [0.5, 0.6) is 0 Å². The highest BCUT2D eigenvalue weighted by Gasteiger charge is 2.15. The van der Waals surface area contributed by atoms with Crippen molar-refractivity contribution in [2.45, 2.75) is 26.7 Å². The van der Waals surface area contributed by atoms with Gasteiger partial charge in [0.2, 0.25) is 11.9 Å². The molecular weight excluding hydrogens is 290 g/mol. The van der Waals surface area contributed by atoms with Crippen molar-refractivity contribution in [3.63, 3.8) is 0 Å². The molecule has 1 saturated heterocycles. The number of aromatic nitrogens is 2. The Morgan fingerprint density at radius 3 is 2.39 bits per heavy atom. The Hall–Kier alpha value is -2.63. The number of carbonyl (C=O) groups excluding carboxylic acids is 1. The number of hydrogen-bond acceptors (Lipinski definition) is 5. The maximum Gasteiger partial charge on any atom is 0.227 e. The number of nitrogens with one attached hydrogen (secondary N) is 2. The molecule has 2 aromatic rings. The number of amides is 1. The lowest BCUT2D eigenvalue weighted by molar-refractivity contribution is -0.114. The van der Waals surface area contributed by atoms with Crippen molar-refractivity contribution in [3.8, 4) is 0 Å². The molecule has 120 valence electrons. The van der Waals surface area contributed by atoms with E-state index in [4.69, 9.17) is 0 Å². The monoisotopic (exact) mass is 311 g/mol. The molecule has 1 aromatic carbocycles. The van der Waals surface area contributed by atoms with E-state index in [0.717, 1.165) is 41.9 Å². The minimum atomic E-state index is -0.0765. The summed E-state index contributed by atoms with van der Waals surface area (Å²) in [5, 5.41) is 6.05. The van der Waals surface area contributed by atoms with Crippen molar-refractivity contribution >= 4 is 29.0 Å². The standard InChI is InChI=1S/C17H21N5O/c1-12-11-16(21-17(18-12)22-9-3-4-10-22)20-15-7-5-14(6-8-15)19-13(2)23/h5-8,11H,3-4,9-10H2,1-2H3,(H,19,23)(H,18,20,21). The van der Waals surface area contributed by atoms with Crippen LogP contribution in [0.1, 0.15) is 25.5 Å². The van der Waals surface area contributed by atoms with E-state index < -0.39 is 0 Å². The molecule has 2 N–H and O–H groups in total. The van der Waals surface area contributed by atoms with E-state index in [1.807, 2.05) is 37.3 Å². The summed E-state index contributed by atoms with van der Waals surface area (Å²) >= 11 is 0. The van der Waals surface area contributed by atoms with E-state index in [0.29, 0.717) is 0 Å². The SMILES string of the molecule is CC(=O)Nc1ccc(Nc2cc(C)nc(N3CCCC3)n2)cc1. The molecule has 1 aromatic heterocycles. The van der Waals surface area contributed by atoms with Gasteiger partial charge in [0.15, 0.2) is 0 Å². The predicted octanol–water partition coefficient (Wildman–Crippen LogP) is 3.09. The van der Waals surface area contributed by atoms with Crippen LogP contribution >= 0.6 is 0 Å². The molecule has 0 atom stereocenters. The van der Waals surface area contributed by atoms with E-state index in [-0.39, 0.29) is 5.91 Å². The zero-order valence-electron chi connectivity index (χ0n) is 13.5. The average molecular weight is 311 g/mol. The number of nitrogens with zero attached hydrogens (tertiary/aromatic N) is 3. The fraction of sp³-hybridized carbons (Fsp3) is 0.353. The Bertz CT molecular complexity index is 693. The first-order chi connectivity index (χ1) is 11.1. The largest absolute Gasteiger partial charge is 0.341 e. The second-order valence-electron chi connectivity index (χ2n) is 5.77. The molecule has 6 heteroatoms. The molecule has 1 aliphatic rings. The van der Waals surface area contributed by atoms with Crippen LogP contribution < -0.4 is 15.5 Å². The van der Waals surface area contributed by atoms with E-state index >= 15 is 0 Å². The summed E-state index contributed by atoms with van der Waals surface area (Å²) in [5.74, 6) is 1.50. The first kappa shape index (κ1) is 15.3. The van der Waals surface area contributed by atoms with Crippen molar-refractivity contribution in [2.75, 3.05) is 28.6 Å². The van der Waals surface area contributed by atoms with Gasteiger partial charge in [0.25, 0.3) is 0 Å². The van der Waals surface area contributed by atoms with E-state index in [9.17, 15) is 4.79 Å². The molecule has 1 aliphatic heterocycles. The van der Waals surface area contributed by atoms with Crippen molar-refractivity contribution in [3.05, 3.63) is 36.0 Å². The van der Waals surface area contributed by atoms with Gasteiger partial charge in [0, 0.05) is 43.1 Å². The van der Waals surface area contributed by atoms with Gasteiger partial charge in [-0.15, -0.1) is 0 Å². The minimum absolute atomic E-state index is 0.0765. The molecule has 2 heterocycles. The van der Waals surface area contributed by atoms with Gasteiger partial charge < -0.3 is 15.5 Å². The molecule has 0 unspecified atom stereocenters. The molecule has 6 nitrogen and oxygen atoms in total. The topological polar surface area (TPSA) is 70.2 Å². The average Bonchev–Trinajstić information content (AvgIpc) is 3.02. The number of hydrogen-bond donors (Lipinski definition) is 2. The van der Waals surface area contributed by atoms with Gasteiger partial charge in [0.1, 0.15) is 5.82 Å². The van der Waals surface area contributed by atoms with Gasteiger partial charge in [-0.1, -0.05) is 0 Å². The highest BCUT2D eigenvalue weighted by molar-refractivity contribution is 5.88. The summed E-state index contributed by atoms with van der Waals surface area (Å²) < 4.78 is 0. The van der Waals surface area contributed by atoms with Crippen LogP contribution in [-0.4, -0.2) is 29.0 Å².